The lowest BCUT2D eigenvalue weighted by atomic mass is 10.2. The molecule has 0 saturated carbocycles. The second-order valence-corrected chi connectivity index (χ2v) is 8.44. The molecule has 0 saturated heterocycles. The van der Waals surface area contributed by atoms with Crippen LogP contribution in [-0.2, 0) is 25.1 Å². The summed E-state index contributed by atoms with van der Waals surface area (Å²) in [4.78, 5) is 41.1. The van der Waals surface area contributed by atoms with Crippen molar-refractivity contribution >= 4 is 46.2 Å². The minimum atomic E-state index is -1.53. The molecule has 182 valence electrons. The maximum atomic E-state index is 13.0. The molecule has 0 heterocycles. The number of carbonyl (C=O) groups excluding carboxylic acids is 3. The Morgan fingerprint density at radius 2 is 1.56 bits per heavy atom. The number of benzene rings is 2. The van der Waals surface area contributed by atoms with Crippen molar-refractivity contribution in [2.45, 2.75) is 42.4 Å². The Hall–Kier alpha value is -3.73. The van der Waals surface area contributed by atoms with Gasteiger partial charge in [0.2, 0.25) is 11.9 Å². The molecule has 0 fully saturated rings. The molecule has 0 radical (unpaired) electrons. The van der Waals surface area contributed by atoms with Crippen LogP contribution in [-0.4, -0.2) is 42.5 Å². The van der Waals surface area contributed by atoms with E-state index in [1.165, 1.54) is 6.07 Å². The van der Waals surface area contributed by atoms with Crippen LogP contribution in [0.25, 0.3) is 0 Å². The molecule has 34 heavy (non-hydrogen) atoms. The lowest BCUT2D eigenvalue weighted by Gasteiger charge is -2.13. The molecule has 10 nitrogen and oxygen atoms in total. The third kappa shape index (κ3) is 8.32. The van der Waals surface area contributed by atoms with Crippen LogP contribution < -0.4 is 16.0 Å². The lowest BCUT2D eigenvalue weighted by molar-refractivity contribution is -0.116. The average Bonchev–Trinajstić information content (AvgIpc) is 2.85. The first-order valence-electron chi connectivity index (χ1n) is 10.6. The van der Waals surface area contributed by atoms with Crippen molar-refractivity contribution in [3.05, 3.63) is 48.5 Å². The normalized spacial score (nSPS) is 11.0. The number of alkyl carbamates (subject to hydrolysis) is 2. The molecular formula is C23H28N4O6S. The van der Waals surface area contributed by atoms with Crippen LogP contribution in [0.3, 0.4) is 0 Å². The minimum Gasteiger partial charge on any atom is -0.453 e. The number of amides is 3. The molecule has 0 bridgehead atoms. The summed E-state index contributed by atoms with van der Waals surface area (Å²) in [7, 11) is 0.769. The number of anilines is 1. The van der Waals surface area contributed by atoms with Gasteiger partial charge in [-0.3, -0.25) is 15.4 Å². The lowest BCUT2D eigenvalue weighted by Crippen LogP contribution is -2.43. The second kappa shape index (κ2) is 13.7. The number of hydrogen-bond donors (Lipinski definition) is 3. The predicted octanol–water partition coefficient (Wildman–Crippen LogP) is 4.07. The highest BCUT2D eigenvalue weighted by Crippen LogP contribution is 2.30. The highest BCUT2D eigenvalue weighted by molar-refractivity contribution is 7.85. The summed E-state index contributed by atoms with van der Waals surface area (Å²) < 4.78 is 22.2. The van der Waals surface area contributed by atoms with Crippen LogP contribution in [0.1, 0.15) is 32.6 Å². The van der Waals surface area contributed by atoms with E-state index in [1.807, 2.05) is 13.0 Å². The third-order valence-electron chi connectivity index (χ3n) is 4.47. The van der Waals surface area contributed by atoms with Crippen molar-refractivity contribution in [1.29, 1.82) is 0 Å². The molecule has 1 atom stereocenters. The fourth-order valence-corrected chi connectivity index (χ4v) is 3.84. The van der Waals surface area contributed by atoms with Gasteiger partial charge in [-0.25, -0.2) is 18.8 Å². The molecule has 2 aromatic rings. The maximum Gasteiger partial charge on any atom is 0.413 e. The number of nitrogens with zero attached hydrogens (tertiary/aromatic N) is 1. The van der Waals surface area contributed by atoms with Gasteiger partial charge in [-0.15, -0.1) is 0 Å². The Bertz CT molecular complexity index is 1040. The van der Waals surface area contributed by atoms with Gasteiger partial charge in [0.05, 0.1) is 36.4 Å². The summed E-state index contributed by atoms with van der Waals surface area (Å²) in [5.41, 5.74) is 0.472. The van der Waals surface area contributed by atoms with Gasteiger partial charge in [-0.2, -0.15) is 0 Å². The first kappa shape index (κ1) is 26.5. The predicted molar refractivity (Wildman–Crippen MR) is 129 cm³/mol. The van der Waals surface area contributed by atoms with E-state index < -0.39 is 23.0 Å². The number of carbonyl (C=O) groups is 3. The Kier molecular flexibility index (Phi) is 10.7. The summed E-state index contributed by atoms with van der Waals surface area (Å²) in [6.07, 6.45) is 1.18. The third-order valence-corrected chi connectivity index (χ3v) is 5.85. The molecule has 2 aromatic carbocycles. The Morgan fingerprint density at radius 1 is 0.912 bits per heavy atom. The maximum absolute atomic E-state index is 13.0. The van der Waals surface area contributed by atoms with E-state index in [0.29, 0.717) is 21.9 Å². The topological polar surface area (TPSA) is 135 Å². The van der Waals surface area contributed by atoms with Gasteiger partial charge in [0, 0.05) is 16.2 Å². The van der Waals surface area contributed by atoms with E-state index in [4.69, 9.17) is 0 Å². The Balaban J connectivity index is 2.47. The van der Waals surface area contributed by atoms with E-state index in [1.54, 1.807) is 36.4 Å². The van der Waals surface area contributed by atoms with Crippen molar-refractivity contribution < 1.29 is 28.1 Å². The number of rotatable bonds is 8. The minimum absolute atomic E-state index is 0.161. The van der Waals surface area contributed by atoms with Gasteiger partial charge in [0.15, 0.2) is 0 Å². The molecule has 11 heteroatoms. The number of methoxy groups -OCH3 is 2. The molecule has 2 rings (SSSR count). The van der Waals surface area contributed by atoms with Gasteiger partial charge in [-0.1, -0.05) is 38.0 Å². The second-order valence-electron chi connectivity index (χ2n) is 6.96. The molecule has 1 unspecified atom stereocenters. The van der Waals surface area contributed by atoms with Gasteiger partial charge in [0.1, 0.15) is 0 Å². The number of ether oxygens (including phenoxy) is 2. The quantitative estimate of drug-likeness (QED) is 0.291. The van der Waals surface area contributed by atoms with Crippen LogP contribution in [0.2, 0.25) is 0 Å². The summed E-state index contributed by atoms with van der Waals surface area (Å²) in [6, 6.07) is 13.5. The first-order valence-corrected chi connectivity index (χ1v) is 11.7. The molecule has 3 amide bonds. The fraction of sp³-hybridized carbons (Fsp3) is 0.304. The van der Waals surface area contributed by atoms with Crippen molar-refractivity contribution in [3.8, 4) is 0 Å². The number of aliphatic imine (C=N–C) groups is 1. The molecule has 3 N–H and O–H groups in total. The summed E-state index contributed by atoms with van der Waals surface area (Å²) in [6.45, 7) is 2.04. The van der Waals surface area contributed by atoms with Gasteiger partial charge in [-0.05, 0) is 36.8 Å². The molecule has 0 spiro atoms. The largest absolute Gasteiger partial charge is 0.453 e. The smallest absolute Gasteiger partial charge is 0.413 e. The molecular weight excluding hydrogens is 460 g/mol. The molecule has 0 aliphatic rings. The van der Waals surface area contributed by atoms with Crippen LogP contribution in [0.5, 0.6) is 0 Å². The van der Waals surface area contributed by atoms with Crippen LogP contribution in [0.15, 0.2) is 63.3 Å². The standard InChI is InChI=1S/C23H28N4O6S/c1-4-5-7-12-20(28)24-18-14-13-17(34(31)16-10-8-6-9-11-16)15-19(18)25-21(26-22(29)32-2)27-23(30)33-3/h6,8-11,13-15H,4-5,7,12H2,1-3H3,(H,24,28)(H2,25,26,27,29,30). The average molecular weight is 489 g/mol. The van der Waals surface area contributed by atoms with Crippen LogP contribution in [0, 0.1) is 0 Å². The molecule has 0 aliphatic heterocycles. The first-order chi connectivity index (χ1) is 16.4. The van der Waals surface area contributed by atoms with Crippen molar-refractivity contribution in [1.82, 2.24) is 10.6 Å². The van der Waals surface area contributed by atoms with Gasteiger partial charge < -0.3 is 14.8 Å². The number of guanidine groups is 1. The van der Waals surface area contributed by atoms with E-state index in [-0.39, 0.29) is 17.6 Å². The molecule has 0 aliphatic carbocycles. The monoisotopic (exact) mass is 488 g/mol. The van der Waals surface area contributed by atoms with Crippen molar-refractivity contribution in [3.63, 3.8) is 0 Å². The highest BCUT2D eigenvalue weighted by Gasteiger charge is 2.15. The Labute approximate surface area is 200 Å². The van der Waals surface area contributed by atoms with Crippen molar-refractivity contribution in [2.75, 3.05) is 19.5 Å². The fourth-order valence-electron chi connectivity index (χ4n) is 2.76. The number of hydrogen-bond acceptors (Lipinski definition) is 7. The zero-order valence-electron chi connectivity index (χ0n) is 19.3. The van der Waals surface area contributed by atoms with Gasteiger partial charge >= 0.3 is 12.2 Å². The summed E-state index contributed by atoms with van der Waals surface area (Å²) in [5, 5.41) is 7.33. The van der Waals surface area contributed by atoms with E-state index in [2.05, 4.69) is 30.4 Å². The van der Waals surface area contributed by atoms with Crippen LogP contribution in [0.4, 0.5) is 21.0 Å². The van der Waals surface area contributed by atoms with Crippen molar-refractivity contribution in [2.24, 2.45) is 4.99 Å². The Morgan fingerprint density at radius 3 is 2.15 bits per heavy atom. The number of unbranched alkanes of at least 4 members (excludes halogenated alkanes) is 2. The van der Waals surface area contributed by atoms with E-state index in [0.717, 1.165) is 33.5 Å². The summed E-state index contributed by atoms with van der Waals surface area (Å²) in [5.74, 6) is -0.520. The van der Waals surface area contributed by atoms with Gasteiger partial charge in [0.25, 0.3) is 0 Å². The SMILES string of the molecule is CCCCCC(=O)Nc1ccc(S(=O)c2ccccc2)cc1N=C(NC(=O)OC)NC(=O)OC. The van der Waals surface area contributed by atoms with Crippen LogP contribution >= 0.6 is 0 Å². The number of nitrogens with one attached hydrogen (secondary N) is 3. The molecule has 0 aromatic heterocycles. The highest BCUT2D eigenvalue weighted by atomic mass is 32.2. The van der Waals surface area contributed by atoms with E-state index in [9.17, 15) is 18.6 Å². The summed E-state index contributed by atoms with van der Waals surface area (Å²) >= 11 is 0. The van der Waals surface area contributed by atoms with E-state index >= 15 is 0 Å². The zero-order valence-corrected chi connectivity index (χ0v) is 20.1. The zero-order chi connectivity index (χ0) is 24.9.